The van der Waals surface area contributed by atoms with Crippen LogP contribution in [0.3, 0.4) is 0 Å². The number of carbonyl (C=O) groups is 1. The largest absolute Gasteiger partial charge is 0.493 e. The van der Waals surface area contributed by atoms with Gasteiger partial charge in [-0.3, -0.25) is 4.68 Å². The zero-order valence-electron chi connectivity index (χ0n) is 16.2. The highest BCUT2D eigenvalue weighted by molar-refractivity contribution is 5.75. The SMILES string of the molecule is CCn1nccc1C1CCN(C(=O)NC2CCCOc3cc(F)ccc32)CC1. The standard InChI is InChI=1S/C21H27FN4O2/c1-2-26-19(7-10-23-26)15-8-11-25(12-9-15)21(27)24-18-4-3-13-28-20-14-16(22)5-6-17(18)20/h5-7,10,14-15,18H,2-4,8-9,11-13H2,1H3,(H,24,27). The predicted octanol–water partition coefficient (Wildman–Crippen LogP) is 3.85. The summed E-state index contributed by atoms with van der Waals surface area (Å²) >= 11 is 0. The normalized spacial score (nSPS) is 20.2. The Morgan fingerprint density at radius 3 is 2.89 bits per heavy atom. The molecule has 0 radical (unpaired) electrons. The third-order valence-electron chi connectivity index (χ3n) is 5.79. The molecule has 4 rings (SSSR count). The first kappa shape index (κ1) is 18.8. The average Bonchev–Trinajstić information content (AvgIpc) is 3.11. The summed E-state index contributed by atoms with van der Waals surface area (Å²) in [6, 6.07) is 6.44. The summed E-state index contributed by atoms with van der Waals surface area (Å²) in [5.74, 6) is 0.662. The number of hydrogen-bond acceptors (Lipinski definition) is 3. The molecule has 3 heterocycles. The number of nitrogens with zero attached hydrogens (tertiary/aromatic N) is 3. The Hall–Kier alpha value is -2.57. The number of likely N-dealkylation sites (tertiary alicyclic amines) is 1. The molecule has 1 N–H and O–H groups in total. The average molecular weight is 386 g/mol. The minimum Gasteiger partial charge on any atom is -0.493 e. The molecule has 7 heteroatoms. The lowest BCUT2D eigenvalue weighted by Gasteiger charge is -2.33. The van der Waals surface area contributed by atoms with E-state index in [1.54, 1.807) is 6.07 Å². The number of amides is 2. The van der Waals surface area contributed by atoms with E-state index in [4.69, 9.17) is 4.74 Å². The Labute approximate surface area is 164 Å². The van der Waals surface area contributed by atoms with Crippen LogP contribution in [-0.4, -0.2) is 40.4 Å². The molecule has 2 amide bonds. The molecule has 0 bridgehead atoms. The van der Waals surface area contributed by atoms with Crippen LogP contribution in [0.25, 0.3) is 0 Å². The van der Waals surface area contributed by atoms with Crippen molar-refractivity contribution in [3.63, 3.8) is 0 Å². The quantitative estimate of drug-likeness (QED) is 0.872. The molecule has 2 aromatic rings. The summed E-state index contributed by atoms with van der Waals surface area (Å²) < 4.78 is 21.2. The highest BCUT2D eigenvalue weighted by atomic mass is 19.1. The van der Waals surface area contributed by atoms with Gasteiger partial charge in [0.15, 0.2) is 0 Å². The molecule has 2 aliphatic heterocycles. The third-order valence-corrected chi connectivity index (χ3v) is 5.79. The van der Waals surface area contributed by atoms with Gasteiger partial charge < -0.3 is 15.0 Å². The third kappa shape index (κ3) is 3.84. The van der Waals surface area contributed by atoms with Crippen LogP contribution in [0, 0.1) is 5.82 Å². The number of hydrogen-bond donors (Lipinski definition) is 1. The second-order valence-electron chi connectivity index (χ2n) is 7.51. The molecular weight excluding hydrogens is 359 g/mol. The maximum absolute atomic E-state index is 13.5. The van der Waals surface area contributed by atoms with Gasteiger partial charge in [0.1, 0.15) is 11.6 Å². The number of halogens is 1. The van der Waals surface area contributed by atoms with Crippen molar-refractivity contribution in [3.8, 4) is 5.75 Å². The fourth-order valence-corrected chi connectivity index (χ4v) is 4.27. The van der Waals surface area contributed by atoms with Gasteiger partial charge in [0.25, 0.3) is 0 Å². The van der Waals surface area contributed by atoms with Crippen LogP contribution in [-0.2, 0) is 6.54 Å². The molecule has 0 saturated carbocycles. The smallest absolute Gasteiger partial charge is 0.317 e. The zero-order valence-corrected chi connectivity index (χ0v) is 16.2. The molecule has 1 atom stereocenters. The van der Waals surface area contributed by atoms with E-state index in [0.717, 1.165) is 50.9 Å². The van der Waals surface area contributed by atoms with E-state index in [2.05, 4.69) is 23.4 Å². The van der Waals surface area contributed by atoms with E-state index in [1.807, 2.05) is 15.8 Å². The van der Waals surface area contributed by atoms with Gasteiger partial charge >= 0.3 is 6.03 Å². The Morgan fingerprint density at radius 2 is 2.11 bits per heavy atom. The van der Waals surface area contributed by atoms with Crippen LogP contribution in [0.15, 0.2) is 30.5 Å². The molecule has 0 aliphatic carbocycles. The number of fused-ring (bicyclic) bond motifs is 1. The molecule has 6 nitrogen and oxygen atoms in total. The van der Waals surface area contributed by atoms with Crippen molar-refractivity contribution in [3.05, 3.63) is 47.5 Å². The molecule has 0 spiro atoms. The number of urea groups is 1. The summed E-state index contributed by atoms with van der Waals surface area (Å²) in [7, 11) is 0. The van der Waals surface area contributed by atoms with E-state index in [-0.39, 0.29) is 17.9 Å². The van der Waals surface area contributed by atoms with Crippen LogP contribution >= 0.6 is 0 Å². The van der Waals surface area contributed by atoms with Crippen LogP contribution in [0.4, 0.5) is 9.18 Å². The number of piperidine rings is 1. The Morgan fingerprint density at radius 1 is 1.29 bits per heavy atom. The molecule has 28 heavy (non-hydrogen) atoms. The summed E-state index contributed by atoms with van der Waals surface area (Å²) in [6.45, 7) is 4.96. The molecule has 1 aromatic heterocycles. The molecule has 1 saturated heterocycles. The Balaban J connectivity index is 1.39. The maximum Gasteiger partial charge on any atom is 0.317 e. The first-order valence-electron chi connectivity index (χ1n) is 10.1. The van der Waals surface area contributed by atoms with Crippen molar-refractivity contribution in [2.45, 2.75) is 51.1 Å². The van der Waals surface area contributed by atoms with E-state index < -0.39 is 0 Å². The van der Waals surface area contributed by atoms with Crippen molar-refractivity contribution >= 4 is 6.03 Å². The number of rotatable bonds is 3. The van der Waals surface area contributed by atoms with E-state index in [1.165, 1.54) is 17.8 Å². The minimum absolute atomic E-state index is 0.0513. The van der Waals surface area contributed by atoms with Crippen molar-refractivity contribution in [2.75, 3.05) is 19.7 Å². The number of nitrogens with one attached hydrogen (secondary N) is 1. The first-order valence-corrected chi connectivity index (χ1v) is 10.1. The number of ether oxygens (including phenoxy) is 1. The second-order valence-corrected chi connectivity index (χ2v) is 7.51. The van der Waals surface area contributed by atoms with Gasteiger partial charge in [0, 0.05) is 49.1 Å². The van der Waals surface area contributed by atoms with Gasteiger partial charge in [0.2, 0.25) is 0 Å². The number of benzene rings is 1. The highest BCUT2D eigenvalue weighted by Crippen LogP contribution is 2.33. The van der Waals surface area contributed by atoms with Gasteiger partial charge in [-0.25, -0.2) is 9.18 Å². The molecular formula is C21H27FN4O2. The van der Waals surface area contributed by atoms with Crippen molar-refractivity contribution in [1.82, 2.24) is 20.0 Å². The van der Waals surface area contributed by atoms with Crippen molar-refractivity contribution in [2.24, 2.45) is 0 Å². The minimum atomic E-state index is -0.320. The van der Waals surface area contributed by atoms with Crippen LogP contribution in [0.1, 0.15) is 55.8 Å². The van der Waals surface area contributed by atoms with Gasteiger partial charge in [0.05, 0.1) is 12.6 Å². The summed E-state index contributed by atoms with van der Waals surface area (Å²) in [5.41, 5.74) is 2.12. The molecule has 150 valence electrons. The van der Waals surface area contributed by atoms with Gasteiger partial charge in [-0.2, -0.15) is 5.10 Å². The first-order chi connectivity index (χ1) is 13.7. The molecule has 1 fully saturated rings. The van der Waals surface area contributed by atoms with E-state index in [9.17, 15) is 9.18 Å². The van der Waals surface area contributed by atoms with Gasteiger partial charge in [-0.05, 0) is 44.7 Å². The lowest BCUT2D eigenvalue weighted by Crippen LogP contribution is -2.45. The van der Waals surface area contributed by atoms with Gasteiger partial charge in [-0.15, -0.1) is 0 Å². The summed E-state index contributed by atoms with van der Waals surface area (Å²) in [6.07, 6.45) is 5.34. The van der Waals surface area contributed by atoms with Gasteiger partial charge in [-0.1, -0.05) is 6.07 Å². The summed E-state index contributed by atoms with van der Waals surface area (Å²) in [5, 5.41) is 7.51. The second kappa shape index (κ2) is 8.20. The maximum atomic E-state index is 13.5. The topological polar surface area (TPSA) is 59.4 Å². The lowest BCUT2D eigenvalue weighted by molar-refractivity contribution is 0.176. The van der Waals surface area contributed by atoms with Crippen molar-refractivity contribution in [1.29, 1.82) is 0 Å². The number of aromatic nitrogens is 2. The van der Waals surface area contributed by atoms with E-state index >= 15 is 0 Å². The zero-order chi connectivity index (χ0) is 19.5. The molecule has 2 aliphatic rings. The predicted molar refractivity (Wildman–Crippen MR) is 104 cm³/mol. The fraction of sp³-hybridized carbons (Fsp3) is 0.524. The Bertz CT molecular complexity index is 830. The van der Waals surface area contributed by atoms with E-state index in [0.29, 0.717) is 18.3 Å². The van der Waals surface area contributed by atoms with Crippen LogP contribution < -0.4 is 10.1 Å². The molecule has 1 unspecified atom stereocenters. The van der Waals surface area contributed by atoms with Crippen molar-refractivity contribution < 1.29 is 13.9 Å². The fourth-order valence-electron chi connectivity index (χ4n) is 4.27. The number of carbonyl (C=O) groups excluding carboxylic acids is 1. The highest BCUT2D eigenvalue weighted by Gasteiger charge is 2.28. The number of aryl methyl sites for hydroxylation is 1. The van der Waals surface area contributed by atoms with Crippen LogP contribution in [0.5, 0.6) is 5.75 Å². The lowest BCUT2D eigenvalue weighted by atomic mass is 9.93. The Kier molecular flexibility index (Phi) is 5.50. The molecule has 1 aromatic carbocycles. The summed E-state index contributed by atoms with van der Waals surface area (Å²) in [4.78, 5) is 14.7. The monoisotopic (exact) mass is 386 g/mol. The van der Waals surface area contributed by atoms with Crippen LogP contribution in [0.2, 0.25) is 0 Å².